The first-order chi connectivity index (χ1) is 10.5. The summed E-state index contributed by atoms with van der Waals surface area (Å²) in [5.74, 6) is -0.564. The molecule has 0 saturated heterocycles. The van der Waals surface area contributed by atoms with Gasteiger partial charge in [-0.05, 0) is 34.7 Å². The zero-order valence-electron chi connectivity index (χ0n) is 13.4. The molecule has 0 aliphatic carbocycles. The maximum Gasteiger partial charge on any atom is 0.0708 e. The Labute approximate surface area is 127 Å². The van der Waals surface area contributed by atoms with E-state index in [2.05, 4.69) is 35.3 Å². The fraction of sp³-hybridized carbons (Fsp3) is 0.150. The van der Waals surface area contributed by atoms with Gasteiger partial charge in [0, 0.05) is 13.1 Å². The number of hydrogen-bond donors (Lipinski definition) is 0. The fourth-order valence-electron chi connectivity index (χ4n) is 2.37. The van der Waals surface area contributed by atoms with Crippen LogP contribution in [0, 0.1) is 0 Å². The average Bonchev–Trinajstić information content (AvgIpc) is 2.55. The van der Waals surface area contributed by atoms with E-state index in [1.165, 1.54) is 0 Å². The predicted molar refractivity (Wildman–Crippen MR) is 89.2 cm³/mol. The van der Waals surface area contributed by atoms with Crippen molar-refractivity contribution in [2.75, 3.05) is 0 Å². The quantitative estimate of drug-likeness (QED) is 0.611. The number of rotatable bonds is 3. The van der Waals surface area contributed by atoms with Gasteiger partial charge < -0.3 is 0 Å². The van der Waals surface area contributed by atoms with E-state index in [4.69, 9.17) is 1.37 Å². The third-order valence-electron chi connectivity index (χ3n) is 3.63. The van der Waals surface area contributed by atoms with Crippen molar-refractivity contribution >= 4 is 0 Å². The summed E-state index contributed by atoms with van der Waals surface area (Å²) >= 11 is 0. The molecule has 1 heteroatoms. The van der Waals surface area contributed by atoms with Crippen molar-refractivity contribution in [3.8, 4) is 22.4 Å². The lowest BCUT2D eigenvalue weighted by Gasteiger charge is -2.08. The Bertz CT molecular complexity index is 756. The van der Waals surface area contributed by atoms with Crippen LogP contribution in [-0.4, -0.2) is 4.98 Å². The summed E-state index contributed by atoms with van der Waals surface area (Å²) in [6.45, 7) is 3.81. The third-order valence-corrected chi connectivity index (χ3v) is 3.63. The van der Waals surface area contributed by atoms with Crippen molar-refractivity contribution in [2.24, 2.45) is 0 Å². The summed E-state index contributed by atoms with van der Waals surface area (Å²) in [4.78, 5) is 4.46. The molecule has 0 aliphatic rings. The molecular formula is C20H19N. The first-order valence-electron chi connectivity index (χ1n) is 7.66. The van der Waals surface area contributed by atoms with Crippen molar-refractivity contribution in [1.82, 2.24) is 4.98 Å². The summed E-state index contributed by atoms with van der Waals surface area (Å²) in [5, 5.41) is 0. The lowest BCUT2D eigenvalue weighted by Crippen LogP contribution is -1.88. The van der Waals surface area contributed by atoms with Gasteiger partial charge in [0.1, 0.15) is 0 Å². The first kappa shape index (κ1) is 12.3. The van der Waals surface area contributed by atoms with Gasteiger partial charge >= 0.3 is 0 Å². The molecule has 104 valence electrons. The van der Waals surface area contributed by atoms with E-state index >= 15 is 0 Å². The monoisotopic (exact) mass is 274 g/mol. The van der Waals surface area contributed by atoms with Gasteiger partial charge in [-0.25, -0.2) is 0 Å². The predicted octanol–water partition coefficient (Wildman–Crippen LogP) is 5.54. The topological polar surface area (TPSA) is 12.9 Å². The summed E-state index contributed by atoms with van der Waals surface area (Å²) in [7, 11) is 0. The third kappa shape index (κ3) is 3.03. The molecule has 3 rings (SSSR count). The molecule has 0 atom stereocenters. The van der Waals surface area contributed by atoms with Crippen LogP contribution in [0.4, 0.5) is 0 Å². The largest absolute Gasteiger partial charge is 0.256 e. The molecule has 0 bridgehead atoms. The summed E-state index contributed by atoms with van der Waals surface area (Å²) in [5.41, 5.74) is 5.40. The van der Waals surface area contributed by atoms with E-state index in [1.807, 2.05) is 56.4 Å². The second kappa shape index (κ2) is 5.92. The van der Waals surface area contributed by atoms with Gasteiger partial charge in [-0.2, -0.15) is 0 Å². The minimum Gasteiger partial charge on any atom is -0.256 e. The highest BCUT2D eigenvalue weighted by atomic mass is 14.7. The van der Waals surface area contributed by atoms with Crippen LogP contribution in [0.2, 0.25) is 0 Å². The van der Waals surface area contributed by atoms with Crippen LogP contribution >= 0.6 is 0 Å². The van der Waals surface area contributed by atoms with Crippen molar-refractivity contribution in [2.45, 2.75) is 19.7 Å². The van der Waals surface area contributed by atoms with E-state index in [-0.39, 0.29) is 0 Å². The number of aromatic nitrogens is 1. The minimum atomic E-state index is -0.564. The highest BCUT2D eigenvalue weighted by Gasteiger charge is 2.04. The second-order valence-electron chi connectivity index (χ2n) is 5.37. The second-order valence-corrected chi connectivity index (χ2v) is 5.37. The Balaban J connectivity index is 1.96. The molecule has 1 nitrogen and oxygen atoms in total. The van der Waals surface area contributed by atoms with Gasteiger partial charge in [-0.3, -0.25) is 4.98 Å². The van der Waals surface area contributed by atoms with Crippen LogP contribution in [0.1, 0.15) is 26.7 Å². The zero-order chi connectivity index (χ0) is 15.6. The smallest absolute Gasteiger partial charge is 0.0708 e. The van der Waals surface area contributed by atoms with Gasteiger partial charge in [0.15, 0.2) is 0 Å². The van der Waals surface area contributed by atoms with E-state index in [0.29, 0.717) is 0 Å². The number of nitrogens with zero attached hydrogens (tertiary/aromatic N) is 1. The Hall–Kier alpha value is -2.41. The highest BCUT2D eigenvalue weighted by Crippen LogP contribution is 2.26. The van der Waals surface area contributed by atoms with E-state index in [9.17, 15) is 0 Å². The lowest BCUT2D eigenvalue weighted by molar-refractivity contribution is 0.867. The van der Waals surface area contributed by atoms with Crippen LogP contribution in [-0.2, 0) is 0 Å². The Morgan fingerprint density at radius 3 is 2.19 bits per heavy atom. The van der Waals surface area contributed by atoms with Gasteiger partial charge in [0.25, 0.3) is 0 Å². The SMILES string of the molecule is [2H]C(C)(C)c1ccc(-c2ccnc(-c3ccccc3)c2)cc1. The Morgan fingerprint density at radius 2 is 1.52 bits per heavy atom. The summed E-state index contributed by atoms with van der Waals surface area (Å²) in [6.07, 6.45) is 1.85. The normalized spacial score (nSPS) is 12.0. The molecular weight excluding hydrogens is 254 g/mol. The number of hydrogen-bond acceptors (Lipinski definition) is 1. The average molecular weight is 274 g/mol. The molecule has 0 amide bonds. The number of benzene rings is 2. The fourth-order valence-corrected chi connectivity index (χ4v) is 2.37. The van der Waals surface area contributed by atoms with Crippen molar-refractivity contribution in [3.63, 3.8) is 0 Å². The maximum atomic E-state index is 8.08. The van der Waals surface area contributed by atoms with Crippen LogP contribution in [0.25, 0.3) is 22.4 Å². The van der Waals surface area contributed by atoms with E-state index < -0.39 is 5.89 Å². The van der Waals surface area contributed by atoms with Crippen molar-refractivity contribution in [3.05, 3.63) is 78.5 Å². The molecule has 1 aromatic heterocycles. The number of pyridine rings is 1. The van der Waals surface area contributed by atoms with E-state index in [0.717, 1.165) is 27.9 Å². The molecule has 2 aromatic carbocycles. The van der Waals surface area contributed by atoms with Gasteiger partial charge in [-0.15, -0.1) is 0 Å². The van der Waals surface area contributed by atoms with E-state index in [1.54, 1.807) is 0 Å². The molecule has 21 heavy (non-hydrogen) atoms. The minimum absolute atomic E-state index is 0.564. The maximum absolute atomic E-state index is 8.08. The molecule has 3 aromatic rings. The van der Waals surface area contributed by atoms with Gasteiger partial charge in [0.05, 0.1) is 5.69 Å². The molecule has 0 radical (unpaired) electrons. The summed E-state index contributed by atoms with van der Waals surface area (Å²) < 4.78 is 8.08. The van der Waals surface area contributed by atoms with Crippen LogP contribution in [0.3, 0.4) is 0 Å². The Morgan fingerprint density at radius 1 is 0.810 bits per heavy atom. The molecule has 0 aliphatic heterocycles. The molecule has 0 unspecified atom stereocenters. The highest BCUT2D eigenvalue weighted by molar-refractivity contribution is 5.70. The molecule has 0 fully saturated rings. The van der Waals surface area contributed by atoms with Crippen molar-refractivity contribution in [1.29, 1.82) is 0 Å². The molecule has 0 N–H and O–H groups in total. The van der Waals surface area contributed by atoms with Crippen molar-refractivity contribution < 1.29 is 1.37 Å². The molecule has 0 saturated carbocycles. The summed E-state index contributed by atoms with van der Waals surface area (Å²) in [6, 6.07) is 22.5. The first-order valence-corrected chi connectivity index (χ1v) is 7.16. The molecule has 0 spiro atoms. The van der Waals surface area contributed by atoms with Crippen LogP contribution in [0.15, 0.2) is 72.9 Å². The van der Waals surface area contributed by atoms with Gasteiger partial charge in [0.2, 0.25) is 0 Å². The Kier molecular flexibility index (Phi) is 3.48. The van der Waals surface area contributed by atoms with Crippen LogP contribution in [0.5, 0.6) is 0 Å². The zero-order valence-corrected chi connectivity index (χ0v) is 12.4. The lowest BCUT2D eigenvalue weighted by atomic mass is 9.98. The van der Waals surface area contributed by atoms with Crippen LogP contribution < -0.4 is 0 Å². The standard InChI is InChI=1S/C20H19N/c1-15(2)16-8-10-17(11-9-16)19-12-13-21-20(14-19)18-6-4-3-5-7-18/h3-15H,1-2H3/i15D. The van der Waals surface area contributed by atoms with Gasteiger partial charge in [-0.1, -0.05) is 68.4 Å². The molecule has 1 heterocycles.